The van der Waals surface area contributed by atoms with Gasteiger partial charge in [-0.15, -0.1) is 0 Å². The first kappa shape index (κ1) is 19.6. The summed E-state index contributed by atoms with van der Waals surface area (Å²) in [5, 5.41) is 2.40. The van der Waals surface area contributed by atoms with Crippen LogP contribution in [0, 0.1) is 0 Å². The largest absolute Gasteiger partial charge is 0.492 e. The summed E-state index contributed by atoms with van der Waals surface area (Å²) in [6.45, 7) is 5.19. The molecule has 1 saturated heterocycles. The van der Waals surface area contributed by atoms with Crippen LogP contribution in [-0.4, -0.2) is 43.7 Å². The number of carbonyl (C=O) groups excluding carboxylic acids is 3. The molecule has 1 amide bonds. The van der Waals surface area contributed by atoms with Crippen molar-refractivity contribution < 1.29 is 33.3 Å². The molecule has 29 heavy (non-hydrogen) atoms. The van der Waals surface area contributed by atoms with Crippen LogP contribution in [0.3, 0.4) is 0 Å². The van der Waals surface area contributed by atoms with Gasteiger partial charge < -0.3 is 24.3 Å². The molecule has 8 heteroatoms. The number of methoxy groups -OCH3 is 1. The van der Waals surface area contributed by atoms with Crippen molar-refractivity contribution in [1.82, 2.24) is 5.32 Å². The van der Waals surface area contributed by atoms with Crippen molar-refractivity contribution in [3.05, 3.63) is 45.2 Å². The number of fused-ring (bicyclic) bond motifs is 5. The Morgan fingerprint density at radius 1 is 1.28 bits per heavy atom. The molecular formula is C21H23NO7. The minimum Gasteiger partial charge on any atom is -0.492 e. The summed E-state index contributed by atoms with van der Waals surface area (Å²) in [7, 11) is 2.83. The average Bonchev–Trinajstić information content (AvgIpc) is 3.15. The number of alkyl carbamates (subject to hydrolysis) is 1. The van der Waals surface area contributed by atoms with Crippen LogP contribution in [0.2, 0.25) is 0 Å². The van der Waals surface area contributed by atoms with Gasteiger partial charge in [-0.25, -0.2) is 4.79 Å². The summed E-state index contributed by atoms with van der Waals surface area (Å²) < 4.78 is 22.5. The molecule has 1 aromatic rings. The van der Waals surface area contributed by atoms with Crippen LogP contribution in [0.5, 0.6) is 0 Å². The van der Waals surface area contributed by atoms with Gasteiger partial charge in [-0.2, -0.15) is 0 Å². The normalized spacial score (nSPS) is 24.2. The third-order valence-corrected chi connectivity index (χ3v) is 5.56. The molecule has 4 rings (SSSR count). The molecule has 2 atom stereocenters. The van der Waals surface area contributed by atoms with E-state index in [9.17, 15) is 14.4 Å². The highest BCUT2D eigenvalue weighted by Gasteiger charge is 2.50. The molecule has 1 aliphatic heterocycles. The van der Waals surface area contributed by atoms with Gasteiger partial charge in [0.2, 0.25) is 5.78 Å². The molecule has 1 aromatic carbocycles. The first-order valence-electron chi connectivity index (χ1n) is 9.41. The maximum Gasteiger partial charge on any atom is 0.407 e. The number of hydrogen-bond donors (Lipinski definition) is 1. The molecular weight excluding hydrogens is 378 g/mol. The van der Waals surface area contributed by atoms with Gasteiger partial charge >= 0.3 is 6.09 Å². The summed E-state index contributed by atoms with van der Waals surface area (Å²) in [6, 6.07) is 1.61. The predicted molar refractivity (Wildman–Crippen MR) is 101 cm³/mol. The van der Waals surface area contributed by atoms with Crippen molar-refractivity contribution in [3.63, 3.8) is 0 Å². The van der Waals surface area contributed by atoms with E-state index in [1.165, 1.54) is 14.2 Å². The summed E-state index contributed by atoms with van der Waals surface area (Å²) in [5.74, 6) is -1.33. The number of benzene rings is 1. The number of amides is 1. The maximum atomic E-state index is 13.1. The van der Waals surface area contributed by atoms with Crippen LogP contribution in [0.1, 0.15) is 64.3 Å². The molecule has 0 radical (unpaired) electrons. The number of Topliss-reactive ketones (excluding diaryl/α,β-unsaturated/α-hetero) is 2. The summed E-state index contributed by atoms with van der Waals surface area (Å²) in [6.07, 6.45) is -0.828. The Bertz CT molecular complexity index is 976. The Hall–Kier alpha value is -2.71. The van der Waals surface area contributed by atoms with Gasteiger partial charge in [-0.05, 0) is 43.5 Å². The number of rotatable bonds is 3. The number of ether oxygens (including phenoxy) is 4. The van der Waals surface area contributed by atoms with Gasteiger partial charge in [0.1, 0.15) is 12.7 Å². The highest BCUT2D eigenvalue weighted by Crippen LogP contribution is 2.50. The van der Waals surface area contributed by atoms with E-state index in [0.29, 0.717) is 17.5 Å². The van der Waals surface area contributed by atoms with Crippen LogP contribution in [0.15, 0.2) is 17.4 Å². The number of carbonyl (C=O) groups is 3. The molecule has 3 aliphatic rings. The van der Waals surface area contributed by atoms with Crippen LogP contribution in [0.4, 0.5) is 4.79 Å². The Balaban J connectivity index is 1.88. The second-order valence-electron chi connectivity index (χ2n) is 7.79. The molecule has 0 aromatic heterocycles. The van der Waals surface area contributed by atoms with Crippen molar-refractivity contribution >= 4 is 17.7 Å². The predicted octanol–water partition coefficient (Wildman–Crippen LogP) is 2.59. The van der Waals surface area contributed by atoms with Gasteiger partial charge in [0.05, 0.1) is 13.2 Å². The molecule has 0 bridgehead atoms. The van der Waals surface area contributed by atoms with Crippen molar-refractivity contribution in [2.75, 3.05) is 14.2 Å². The fourth-order valence-electron chi connectivity index (χ4n) is 4.41. The Morgan fingerprint density at radius 2 is 2.00 bits per heavy atom. The van der Waals surface area contributed by atoms with E-state index in [1.54, 1.807) is 13.0 Å². The lowest BCUT2D eigenvalue weighted by Gasteiger charge is -2.25. The lowest BCUT2D eigenvalue weighted by Crippen LogP contribution is -2.26. The average molecular weight is 401 g/mol. The molecule has 2 unspecified atom stereocenters. The van der Waals surface area contributed by atoms with Gasteiger partial charge in [0.25, 0.3) is 0 Å². The van der Waals surface area contributed by atoms with E-state index in [-0.39, 0.29) is 41.2 Å². The monoisotopic (exact) mass is 401 g/mol. The number of nitrogens with one attached hydrogen (secondary N) is 1. The van der Waals surface area contributed by atoms with Crippen molar-refractivity contribution in [1.29, 1.82) is 0 Å². The highest BCUT2D eigenvalue weighted by molar-refractivity contribution is 6.26. The topological polar surface area (TPSA) is 100 Å². The van der Waals surface area contributed by atoms with E-state index in [0.717, 1.165) is 11.1 Å². The van der Waals surface area contributed by atoms with E-state index in [4.69, 9.17) is 18.9 Å². The number of hydrogen-bond acceptors (Lipinski definition) is 7. The summed E-state index contributed by atoms with van der Waals surface area (Å²) in [4.78, 5) is 37.7. The molecule has 154 valence electrons. The zero-order valence-electron chi connectivity index (χ0n) is 17.0. The van der Waals surface area contributed by atoms with E-state index in [1.807, 2.05) is 13.8 Å². The molecule has 1 N–H and O–H groups in total. The lowest BCUT2D eigenvalue weighted by atomic mass is 9.82. The molecule has 1 fully saturated rings. The van der Waals surface area contributed by atoms with Crippen LogP contribution in [-0.2, 0) is 32.0 Å². The Kier molecular flexibility index (Phi) is 4.51. The third-order valence-electron chi connectivity index (χ3n) is 5.56. The van der Waals surface area contributed by atoms with E-state index in [2.05, 4.69) is 5.32 Å². The number of ketones is 2. The maximum absolute atomic E-state index is 13.1. The van der Waals surface area contributed by atoms with E-state index >= 15 is 0 Å². The van der Waals surface area contributed by atoms with Crippen molar-refractivity contribution in [2.24, 2.45) is 0 Å². The number of allylic oxidation sites excluding steroid dienone is 2. The third kappa shape index (κ3) is 2.94. The summed E-state index contributed by atoms with van der Waals surface area (Å²) >= 11 is 0. The zero-order chi connectivity index (χ0) is 21.1. The summed E-state index contributed by atoms with van der Waals surface area (Å²) in [5.41, 5.74) is 3.00. The van der Waals surface area contributed by atoms with Crippen molar-refractivity contribution in [3.8, 4) is 0 Å². The zero-order valence-corrected chi connectivity index (χ0v) is 17.0. The second kappa shape index (κ2) is 6.67. The van der Waals surface area contributed by atoms with Gasteiger partial charge in [0, 0.05) is 30.2 Å². The molecule has 8 nitrogen and oxygen atoms in total. The quantitative estimate of drug-likeness (QED) is 0.831. The molecule has 0 spiro atoms. The Labute approximate surface area is 168 Å². The Morgan fingerprint density at radius 3 is 2.66 bits per heavy atom. The lowest BCUT2D eigenvalue weighted by molar-refractivity contribution is -0.148. The fourth-order valence-corrected chi connectivity index (χ4v) is 4.41. The smallest absolute Gasteiger partial charge is 0.407 e. The van der Waals surface area contributed by atoms with Gasteiger partial charge in [-0.3, -0.25) is 9.59 Å². The molecule has 1 heterocycles. The standard InChI is InChI=1S/C21H23NO7/c1-9-16(23)15-11-7-13-19(29-21(2,3)28-13)14(11)10(8-27-20(25)22-4)6-12(15)17(24)18(9)26-5/h6,13,19H,7-8H2,1-5H3,(H,22,25). The van der Waals surface area contributed by atoms with Crippen LogP contribution >= 0.6 is 0 Å². The van der Waals surface area contributed by atoms with Gasteiger partial charge in [0.15, 0.2) is 17.3 Å². The van der Waals surface area contributed by atoms with Crippen LogP contribution in [0.25, 0.3) is 0 Å². The minimum absolute atomic E-state index is 0.0347. The fraction of sp³-hybridized carbons (Fsp3) is 0.476. The van der Waals surface area contributed by atoms with Crippen LogP contribution < -0.4 is 5.32 Å². The SMILES string of the molecule is CNC(=O)OCc1cc2c(c3c1C1OC(C)(C)OC1C3)C(=O)C(C)=C(OC)C2=O. The minimum atomic E-state index is -0.763. The second-order valence-corrected chi connectivity index (χ2v) is 7.79. The first-order chi connectivity index (χ1) is 13.7. The van der Waals surface area contributed by atoms with E-state index < -0.39 is 18.0 Å². The van der Waals surface area contributed by atoms with Gasteiger partial charge in [-0.1, -0.05) is 0 Å². The molecule has 2 aliphatic carbocycles. The highest BCUT2D eigenvalue weighted by atomic mass is 16.8. The van der Waals surface area contributed by atoms with Crippen molar-refractivity contribution in [2.45, 2.75) is 51.8 Å². The first-order valence-corrected chi connectivity index (χ1v) is 9.41. The molecule has 0 saturated carbocycles.